The number of nitrogens with zero attached hydrogens (tertiary/aromatic N) is 1. The molecule has 0 unspecified atom stereocenters. The van der Waals surface area contributed by atoms with E-state index in [9.17, 15) is 8.42 Å². The zero-order chi connectivity index (χ0) is 14.0. The maximum Gasteiger partial charge on any atom is 0.264 e. The summed E-state index contributed by atoms with van der Waals surface area (Å²) in [4.78, 5) is 0.296. The summed E-state index contributed by atoms with van der Waals surface area (Å²) < 4.78 is 32.1. The number of hydrogen-bond acceptors (Lipinski definition) is 3. The van der Waals surface area contributed by atoms with Crippen LogP contribution in [0, 0.1) is 0 Å². The first-order chi connectivity index (χ1) is 9.68. The fraction of sp³-hybridized carbons (Fsp3) is 0.200. The molecule has 3 rings (SSSR count). The number of benzene rings is 2. The van der Waals surface area contributed by atoms with E-state index in [0.717, 1.165) is 0 Å². The molecule has 5 heteroatoms. The van der Waals surface area contributed by atoms with Gasteiger partial charge in [-0.15, -0.1) is 0 Å². The number of ether oxygens (including phenoxy) is 1. The summed E-state index contributed by atoms with van der Waals surface area (Å²) in [6.45, 7) is 0.967. The summed E-state index contributed by atoms with van der Waals surface area (Å²) in [6, 6.07) is 17.6. The molecule has 4 nitrogen and oxygen atoms in total. The van der Waals surface area contributed by atoms with Crippen LogP contribution in [0.3, 0.4) is 0 Å². The molecule has 0 saturated carbocycles. The van der Waals surface area contributed by atoms with E-state index in [1.165, 1.54) is 4.31 Å². The minimum atomic E-state index is -3.56. The van der Waals surface area contributed by atoms with E-state index in [-0.39, 0.29) is 6.10 Å². The van der Waals surface area contributed by atoms with Crippen LogP contribution in [0.1, 0.15) is 0 Å². The van der Waals surface area contributed by atoms with Gasteiger partial charge in [-0.05, 0) is 24.3 Å². The molecule has 1 atom stereocenters. The molecule has 1 saturated heterocycles. The van der Waals surface area contributed by atoms with E-state index in [2.05, 4.69) is 0 Å². The van der Waals surface area contributed by atoms with Crippen LogP contribution < -0.4 is 4.31 Å². The molecule has 2 aromatic carbocycles. The fourth-order valence-electron chi connectivity index (χ4n) is 2.01. The molecule has 0 bridgehead atoms. The first-order valence-corrected chi connectivity index (χ1v) is 7.86. The molecule has 0 radical (unpaired) electrons. The highest BCUT2D eigenvalue weighted by atomic mass is 32.2. The molecule has 1 heterocycles. The Kier molecular flexibility index (Phi) is 3.46. The minimum Gasteiger partial charge on any atom is -0.371 e. The van der Waals surface area contributed by atoms with Crippen molar-refractivity contribution in [1.29, 1.82) is 0 Å². The van der Waals surface area contributed by atoms with Gasteiger partial charge < -0.3 is 4.74 Å². The molecule has 1 aliphatic heterocycles. The maximum absolute atomic E-state index is 12.8. The van der Waals surface area contributed by atoms with Crippen molar-refractivity contribution in [2.24, 2.45) is 0 Å². The second-order valence-corrected chi connectivity index (χ2v) is 6.50. The Morgan fingerprint density at radius 3 is 2.10 bits per heavy atom. The van der Waals surface area contributed by atoms with Crippen molar-refractivity contribution < 1.29 is 13.2 Å². The maximum atomic E-state index is 12.8. The Balaban J connectivity index is 2.00. The van der Waals surface area contributed by atoms with E-state index < -0.39 is 10.0 Å². The van der Waals surface area contributed by atoms with Crippen LogP contribution in [0.15, 0.2) is 65.6 Å². The lowest BCUT2D eigenvalue weighted by molar-refractivity contribution is 0.412. The van der Waals surface area contributed by atoms with Gasteiger partial charge in [0.2, 0.25) is 0 Å². The predicted octanol–water partition coefficient (Wildman–Crippen LogP) is 2.28. The van der Waals surface area contributed by atoms with Gasteiger partial charge in [0.1, 0.15) is 0 Å². The van der Waals surface area contributed by atoms with Crippen molar-refractivity contribution in [3.05, 3.63) is 60.7 Å². The lowest BCUT2D eigenvalue weighted by Gasteiger charge is -2.23. The van der Waals surface area contributed by atoms with Crippen molar-refractivity contribution in [3.8, 4) is 0 Å². The van der Waals surface area contributed by atoms with Crippen LogP contribution in [-0.2, 0) is 14.8 Å². The van der Waals surface area contributed by atoms with Crippen LogP contribution in [0.4, 0.5) is 5.69 Å². The monoisotopic (exact) mass is 289 g/mol. The lowest BCUT2D eigenvalue weighted by Crippen LogP contribution is -2.34. The highest BCUT2D eigenvalue weighted by Crippen LogP contribution is 2.26. The first kappa shape index (κ1) is 13.1. The normalized spacial score (nSPS) is 17.7. The van der Waals surface area contributed by atoms with Crippen molar-refractivity contribution in [2.75, 3.05) is 17.5 Å². The quantitative estimate of drug-likeness (QED) is 0.793. The van der Waals surface area contributed by atoms with Crippen LogP contribution >= 0.6 is 0 Å². The summed E-state index contributed by atoms with van der Waals surface area (Å²) in [5.41, 5.74) is 0.659. The second-order valence-electron chi connectivity index (χ2n) is 4.64. The van der Waals surface area contributed by atoms with E-state index in [1.807, 2.05) is 18.2 Å². The van der Waals surface area contributed by atoms with Gasteiger partial charge in [-0.25, -0.2) is 8.42 Å². The van der Waals surface area contributed by atoms with Crippen LogP contribution in [-0.4, -0.2) is 27.7 Å². The van der Waals surface area contributed by atoms with Crippen molar-refractivity contribution in [3.63, 3.8) is 0 Å². The van der Waals surface area contributed by atoms with Gasteiger partial charge in [0.05, 0.1) is 29.8 Å². The van der Waals surface area contributed by atoms with Gasteiger partial charge in [-0.1, -0.05) is 36.4 Å². The predicted molar refractivity (Wildman–Crippen MR) is 77.2 cm³/mol. The van der Waals surface area contributed by atoms with Crippen molar-refractivity contribution >= 4 is 15.7 Å². The molecule has 1 aliphatic rings. The van der Waals surface area contributed by atoms with E-state index in [4.69, 9.17) is 4.74 Å². The standard InChI is InChI=1S/C15H15NO3S/c17-20(18,15-9-5-2-6-10-15)16(11-14-12-19-14)13-7-3-1-4-8-13/h1-10,14H,11-12H2/t14-/m1/s1. The third kappa shape index (κ3) is 2.69. The largest absolute Gasteiger partial charge is 0.371 e. The van der Waals surface area contributed by atoms with Gasteiger partial charge in [0, 0.05) is 0 Å². The molecule has 2 aromatic rings. The Bertz CT molecular complexity index is 667. The molecule has 20 heavy (non-hydrogen) atoms. The Morgan fingerprint density at radius 2 is 1.55 bits per heavy atom. The molecular formula is C15H15NO3S. The Labute approximate surface area is 118 Å². The van der Waals surface area contributed by atoms with Crippen LogP contribution in [0.5, 0.6) is 0 Å². The van der Waals surface area contributed by atoms with E-state index in [0.29, 0.717) is 23.7 Å². The average molecular weight is 289 g/mol. The molecule has 0 N–H and O–H groups in total. The third-order valence-corrected chi connectivity index (χ3v) is 4.96. The summed E-state index contributed by atoms with van der Waals surface area (Å²) in [6.07, 6.45) is -0.00584. The number of hydrogen-bond donors (Lipinski definition) is 0. The zero-order valence-electron chi connectivity index (χ0n) is 10.8. The van der Waals surface area contributed by atoms with E-state index in [1.54, 1.807) is 42.5 Å². The molecule has 1 fully saturated rings. The third-order valence-electron chi connectivity index (χ3n) is 3.15. The summed E-state index contributed by atoms with van der Waals surface area (Å²) in [5, 5.41) is 0. The number of sulfonamides is 1. The minimum absolute atomic E-state index is 0.00584. The smallest absolute Gasteiger partial charge is 0.264 e. The Morgan fingerprint density at radius 1 is 1.00 bits per heavy atom. The molecule has 0 aliphatic carbocycles. The van der Waals surface area contributed by atoms with Gasteiger partial charge in [0.25, 0.3) is 10.0 Å². The number of epoxide rings is 1. The lowest BCUT2D eigenvalue weighted by atomic mass is 10.3. The van der Waals surface area contributed by atoms with Gasteiger partial charge in [0.15, 0.2) is 0 Å². The molecular weight excluding hydrogens is 274 g/mol. The average Bonchev–Trinajstić information content (AvgIpc) is 3.30. The summed E-state index contributed by atoms with van der Waals surface area (Å²) >= 11 is 0. The van der Waals surface area contributed by atoms with Gasteiger partial charge >= 0.3 is 0 Å². The SMILES string of the molecule is O=S(=O)(c1ccccc1)N(C[C@@H]1CO1)c1ccccc1. The summed E-state index contributed by atoms with van der Waals surface area (Å²) in [5.74, 6) is 0. The van der Waals surface area contributed by atoms with Crippen LogP contribution in [0.25, 0.3) is 0 Å². The topological polar surface area (TPSA) is 49.9 Å². The van der Waals surface area contributed by atoms with Crippen LogP contribution in [0.2, 0.25) is 0 Å². The molecule has 0 spiro atoms. The van der Waals surface area contributed by atoms with E-state index >= 15 is 0 Å². The Hall–Kier alpha value is -1.85. The second kappa shape index (κ2) is 5.26. The number of anilines is 1. The van der Waals surface area contributed by atoms with Gasteiger partial charge in [-0.2, -0.15) is 0 Å². The van der Waals surface area contributed by atoms with Gasteiger partial charge in [-0.3, -0.25) is 4.31 Å². The zero-order valence-corrected chi connectivity index (χ0v) is 11.7. The molecule has 0 aromatic heterocycles. The molecule has 104 valence electrons. The number of rotatable bonds is 5. The first-order valence-electron chi connectivity index (χ1n) is 6.42. The van der Waals surface area contributed by atoms with Crippen molar-refractivity contribution in [2.45, 2.75) is 11.0 Å². The highest BCUT2D eigenvalue weighted by Gasteiger charge is 2.32. The molecule has 0 amide bonds. The summed E-state index contributed by atoms with van der Waals surface area (Å²) in [7, 11) is -3.56. The highest BCUT2D eigenvalue weighted by molar-refractivity contribution is 7.92. The number of para-hydroxylation sites is 1. The van der Waals surface area contributed by atoms with Crippen molar-refractivity contribution in [1.82, 2.24) is 0 Å². The fourth-order valence-corrected chi connectivity index (χ4v) is 3.53.